The van der Waals surface area contributed by atoms with E-state index in [-0.39, 0.29) is 23.5 Å². The fourth-order valence-electron chi connectivity index (χ4n) is 2.97. The van der Waals surface area contributed by atoms with E-state index in [0.717, 1.165) is 25.7 Å². The van der Waals surface area contributed by atoms with Crippen molar-refractivity contribution in [2.24, 2.45) is 5.92 Å². The first-order valence-corrected chi connectivity index (χ1v) is 10.8. The standard InChI is InChI=1S/C19H30N2O4S/c1-14(2)12-20-19(22)13-25-18-10-9-17(11-15(18)3)26(23,24)21-16-7-5-4-6-8-16/h9-11,14,16,21H,4-8,12-13H2,1-3H3,(H,20,22). The minimum Gasteiger partial charge on any atom is -0.484 e. The summed E-state index contributed by atoms with van der Waals surface area (Å²) >= 11 is 0. The normalized spacial score (nSPS) is 15.8. The van der Waals surface area contributed by atoms with Crippen LogP contribution >= 0.6 is 0 Å². The third-order valence-electron chi connectivity index (χ3n) is 4.45. The number of ether oxygens (including phenoxy) is 1. The lowest BCUT2D eigenvalue weighted by molar-refractivity contribution is -0.123. The lowest BCUT2D eigenvalue weighted by atomic mass is 9.96. The van der Waals surface area contributed by atoms with Crippen LogP contribution < -0.4 is 14.8 Å². The van der Waals surface area contributed by atoms with E-state index in [1.54, 1.807) is 19.1 Å². The van der Waals surface area contributed by atoms with Gasteiger partial charge in [-0.2, -0.15) is 0 Å². The van der Waals surface area contributed by atoms with Crippen LogP contribution in [0.3, 0.4) is 0 Å². The van der Waals surface area contributed by atoms with Crippen LogP contribution in [0.15, 0.2) is 23.1 Å². The Balaban J connectivity index is 1.96. The van der Waals surface area contributed by atoms with Crippen LogP contribution in [-0.4, -0.2) is 33.5 Å². The highest BCUT2D eigenvalue weighted by Crippen LogP contribution is 2.24. The molecule has 1 aliphatic rings. The molecule has 26 heavy (non-hydrogen) atoms. The number of carbonyl (C=O) groups is 1. The van der Waals surface area contributed by atoms with E-state index in [2.05, 4.69) is 10.0 Å². The molecule has 146 valence electrons. The molecule has 1 fully saturated rings. The Bertz CT molecular complexity index is 710. The quantitative estimate of drug-likeness (QED) is 0.724. The van der Waals surface area contributed by atoms with Crippen molar-refractivity contribution < 1.29 is 17.9 Å². The van der Waals surface area contributed by atoms with Crippen molar-refractivity contribution in [3.8, 4) is 5.75 Å². The molecule has 0 radical (unpaired) electrons. The van der Waals surface area contributed by atoms with Gasteiger partial charge in [0, 0.05) is 12.6 Å². The largest absolute Gasteiger partial charge is 0.484 e. The average Bonchev–Trinajstić information content (AvgIpc) is 2.59. The first kappa shape index (κ1) is 20.7. The molecule has 0 spiro atoms. The fourth-order valence-corrected chi connectivity index (χ4v) is 4.36. The van der Waals surface area contributed by atoms with Gasteiger partial charge in [-0.1, -0.05) is 33.1 Å². The molecular weight excluding hydrogens is 352 g/mol. The zero-order valence-electron chi connectivity index (χ0n) is 15.9. The first-order chi connectivity index (χ1) is 12.3. The minimum atomic E-state index is -3.53. The summed E-state index contributed by atoms with van der Waals surface area (Å²) in [6.45, 7) is 6.34. The molecule has 0 atom stereocenters. The molecule has 0 heterocycles. The smallest absolute Gasteiger partial charge is 0.257 e. The number of hydrogen-bond donors (Lipinski definition) is 2. The summed E-state index contributed by atoms with van der Waals surface area (Å²) in [6, 6.07) is 4.75. The Morgan fingerprint density at radius 1 is 1.23 bits per heavy atom. The first-order valence-electron chi connectivity index (χ1n) is 9.30. The van der Waals surface area contributed by atoms with Crippen molar-refractivity contribution in [2.75, 3.05) is 13.2 Å². The lowest BCUT2D eigenvalue weighted by Gasteiger charge is -2.22. The molecule has 2 N–H and O–H groups in total. The number of aryl methyl sites for hydroxylation is 1. The number of amides is 1. The molecular formula is C19H30N2O4S. The maximum atomic E-state index is 12.6. The molecule has 1 saturated carbocycles. The summed E-state index contributed by atoms with van der Waals surface area (Å²) in [5.41, 5.74) is 0.688. The lowest BCUT2D eigenvalue weighted by Crippen LogP contribution is -2.36. The minimum absolute atomic E-state index is 0.0228. The van der Waals surface area contributed by atoms with Gasteiger partial charge in [-0.3, -0.25) is 4.79 Å². The summed E-state index contributed by atoms with van der Waals surface area (Å²) in [6.07, 6.45) is 5.10. The average molecular weight is 383 g/mol. The summed E-state index contributed by atoms with van der Waals surface area (Å²) in [7, 11) is -3.53. The second-order valence-electron chi connectivity index (χ2n) is 7.37. The van der Waals surface area contributed by atoms with Crippen molar-refractivity contribution in [1.29, 1.82) is 0 Å². The van der Waals surface area contributed by atoms with Gasteiger partial charge in [0.1, 0.15) is 5.75 Å². The summed E-state index contributed by atoms with van der Waals surface area (Å²) < 4.78 is 33.5. The van der Waals surface area contributed by atoms with Gasteiger partial charge in [-0.15, -0.1) is 0 Å². The van der Waals surface area contributed by atoms with Crippen LogP contribution in [-0.2, 0) is 14.8 Å². The van der Waals surface area contributed by atoms with Crippen LogP contribution in [0.5, 0.6) is 5.75 Å². The topological polar surface area (TPSA) is 84.5 Å². The molecule has 0 unspecified atom stereocenters. The van der Waals surface area contributed by atoms with Gasteiger partial charge >= 0.3 is 0 Å². The monoisotopic (exact) mass is 382 g/mol. The molecule has 6 nitrogen and oxygen atoms in total. The molecule has 1 aromatic rings. The fraction of sp³-hybridized carbons (Fsp3) is 0.632. The van der Waals surface area contributed by atoms with E-state index in [0.29, 0.717) is 23.8 Å². The van der Waals surface area contributed by atoms with E-state index in [1.165, 1.54) is 12.5 Å². The Kier molecular flexibility index (Phi) is 7.46. The van der Waals surface area contributed by atoms with Crippen LogP contribution in [0, 0.1) is 12.8 Å². The molecule has 1 amide bonds. The third kappa shape index (κ3) is 6.29. The molecule has 7 heteroatoms. The Morgan fingerprint density at radius 2 is 1.92 bits per heavy atom. The van der Waals surface area contributed by atoms with Gasteiger partial charge in [-0.25, -0.2) is 13.1 Å². The van der Waals surface area contributed by atoms with Crippen molar-refractivity contribution >= 4 is 15.9 Å². The van der Waals surface area contributed by atoms with Crippen molar-refractivity contribution in [1.82, 2.24) is 10.0 Å². The number of carbonyl (C=O) groups excluding carboxylic acids is 1. The van der Waals surface area contributed by atoms with Gasteiger partial charge in [0.2, 0.25) is 10.0 Å². The Hall–Kier alpha value is -1.60. The van der Waals surface area contributed by atoms with Crippen molar-refractivity contribution in [3.05, 3.63) is 23.8 Å². The van der Waals surface area contributed by atoms with Crippen LogP contribution in [0.1, 0.15) is 51.5 Å². The second kappa shape index (κ2) is 9.37. The van der Waals surface area contributed by atoms with E-state index >= 15 is 0 Å². The van der Waals surface area contributed by atoms with Gasteiger partial charge in [0.25, 0.3) is 5.91 Å². The number of hydrogen-bond acceptors (Lipinski definition) is 4. The maximum absolute atomic E-state index is 12.6. The maximum Gasteiger partial charge on any atom is 0.257 e. The Labute approximate surface area is 156 Å². The highest BCUT2D eigenvalue weighted by Gasteiger charge is 2.22. The molecule has 1 aromatic carbocycles. The van der Waals surface area contributed by atoms with E-state index in [9.17, 15) is 13.2 Å². The summed E-state index contributed by atoms with van der Waals surface area (Å²) in [4.78, 5) is 12.0. The molecule has 0 aromatic heterocycles. The predicted molar refractivity (Wildman–Crippen MR) is 102 cm³/mol. The highest BCUT2D eigenvalue weighted by molar-refractivity contribution is 7.89. The molecule has 0 aliphatic heterocycles. The molecule has 1 aliphatic carbocycles. The predicted octanol–water partition coefficient (Wildman–Crippen LogP) is 2.76. The molecule has 0 bridgehead atoms. The van der Waals surface area contributed by atoms with Crippen molar-refractivity contribution in [3.63, 3.8) is 0 Å². The van der Waals surface area contributed by atoms with Crippen LogP contribution in [0.4, 0.5) is 0 Å². The van der Waals surface area contributed by atoms with Crippen LogP contribution in [0.2, 0.25) is 0 Å². The van der Waals surface area contributed by atoms with Gasteiger partial charge in [0.15, 0.2) is 6.61 Å². The zero-order chi connectivity index (χ0) is 19.2. The molecule has 0 saturated heterocycles. The zero-order valence-corrected chi connectivity index (χ0v) is 16.7. The summed E-state index contributed by atoms with van der Waals surface area (Å²) in [5.74, 6) is 0.705. The third-order valence-corrected chi connectivity index (χ3v) is 5.97. The van der Waals surface area contributed by atoms with E-state index in [1.807, 2.05) is 13.8 Å². The van der Waals surface area contributed by atoms with Gasteiger partial charge in [0.05, 0.1) is 4.90 Å². The van der Waals surface area contributed by atoms with Gasteiger partial charge in [-0.05, 0) is 49.4 Å². The van der Waals surface area contributed by atoms with E-state index < -0.39 is 10.0 Å². The molecule has 2 rings (SSSR count). The number of nitrogens with one attached hydrogen (secondary N) is 2. The number of benzene rings is 1. The summed E-state index contributed by atoms with van der Waals surface area (Å²) in [5, 5.41) is 2.78. The van der Waals surface area contributed by atoms with E-state index in [4.69, 9.17) is 4.74 Å². The Morgan fingerprint density at radius 3 is 2.54 bits per heavy atom. The second-order valence-corrected chi connectivity index (χ2v) is 9.08. The van der Waals surface area contributed by atoms with Crippen LogP contribution in [0.25, 0.3) is 0 Å². The number of sulfonamides is 1. The number of rotatable bonds is 8. The highest BCUT2D eigenvalue weighted by atomic mass is 32.2. The van der Waals surface area contributed by atoms with Gasteiger partial charge < -0.3 is 10.1 Å². The SMILES string of the molecule is Cc1cc(S(=O)(=O)NC2CCCCC2)ccc1OCC(=O)NCC(C)C. The van der Waals surface area contributed by atoms with Crippen molar-refractivity contribution in [2.45, 2.75) is 63.8 Å².